The van der Waals surface area contributed by atoms with E-state index in [-0.39, 0.29) is 17.6 Å². The first-order valence-corrected chi connectivity index (χ1v) is 11.8. The maximum atomic E-state index is 11.5. The normalized spacial score (nSPS) is 17.9. The van der Waals surface area contributed by atoms with Gasteiger partial charge in [0.15, 0.2) is 5.11 Å². The lowest BCUT2D eigenvalue weighted by Crippen LogP contribution is -2.32. The lowest BCUT2D eigenvalue weighted by Gasteiger charge is -2.28. The molecule has 0 spiro atoms. The topological polar surface area (TPSA) is 73.6 Å². The predicted molar refractivity (Wildman–Crippen MR) is 138 cm³/mol. The third-order valence-corrected chi connectivity index (χ3v) is 6.69. The Labute approximate surface area is 206 Å². The van der Waals surface area contributed by atoms with Crippen LogP contribution < -0.4 is 5.32 Å². The highest BCUT2D eigenvalue weighted by Crippen LogP contribution is 2.41. The number of aryl methyl sites for hydroxylation is 1. The first kappa shape index (κ1) is 23.9. The number of benzene rings is 1. The molecule has 3 heterocycles. The number of aromatic carboxylic acids is 1. The van der Waals surface area contributed by atoms with Crippen molar-refractivity contribution in [2.45, 2.75) is 32.4 Å². The van der Waals surface area contributed by atoms with Gasteiger partial charge in [-0.15, -0.1) is 0 Å². The highest BCUT2D eigenvalue weighted by molar-refractivity contribution is 7.80. The number of pyridine rings is 1. The van der Waals surface area contributed by atoms with Crippen molar-refractivity contribution in [2.75, 3.05) is 27.2 Å². The van der Waals surface area contributed by atoms with Crippen LogP contribution in [0.3, 0.4) is 0 Å². The first-order chi connectivity index (χ1) is 16.3. The van der Waals surface area contributed by atoms with Crippen molar-refractivity contribution in [3.63, 3.8) is 0 Å². The molecule has 4 rings (SSSR count). The second-order valence-corrected chi connectivity index (χ2v) is 9.38. The Morgan fingerprint density at radius 1 is 1.18 bits per heavy atom. The summed E-state index contributed by atoms with van der Waals surface area (Å²) in [6.45, 7) is 5.94. The Hall–Kier alpha value is -3.23. The van der Waals surface area contributed by atoms with Crippen LogP contribution in [0.4, 0.5) is 0 Å². The monoisotopic (exact) mass is 477 g/mol. The number of thiocarbonyl (C=S) groups is 1. The number of aromatic nitrogens is 2. The number of hydrogen-bond donors (Lipinski definition) is 2. The average Bonchev–Trinajstić information content (AvgIpc) is 3.29. The Balaban J connectivity index is 1.78. The largest absolute Gasteiger partial charge is 0.478 e. The van der Waals surface area contributed by atoms with Gasteiger partial charge in [-0.2, -0.15) is 0 Å². The number of carbonyl (C=O) groups is 1. The zero-order valence-electron chi connectivity index (χ0n) is 20.0. The summed E-state index contributed by atoms with van der Waals surface area (Å²) in [7, 11) is 4.15. The van der Waals surface area contributed by atoms with Crippen LogP contribution in [-0.2, 0) is 0 Å². The highest BCUT2D eigenvalue weighted by Gasteiger charge is 2.41. The molecule has 1 aromatic carbocycles. The molecule has 1 saturated heterocycles. The van der Waals surface area contributed by atoms with Gasteiger partial charge in [0.05, 0.1) is 23.3 Å². The Morgan fingerprint density at radius 3 is 2.65 bits per heavy atom. The van der Waals surface area contributed by atoms with Gasteiger partial charge in [-0.3, -0.25) is 4.98 Å². The Bertz CT molecular complexity index is 1190. The molecule has 0 amide bonds. The molecule has 1 aliphatic heterocycles. The van der Waals surface area contributed by atoms with Gasteiger partial charge in [0.25, 0.3) is 0 Å². The van der Waals surface area contributed by atoms with Crippen LogP contribution in [0.1, 0.15) is 51.5 Å². The predicted octanol–water partition coefficient (Wildman–Crippen LogP) is 4.11. The number of nitrogens with one attached hydrogen (secondary N) is 1. The minimum absolute atomic E-state index is 0.0211. The van der Waals surface area contributed by atoms with Crippen molar-refractivity contribution >= 4 is 23.3 Å². The number of hydrogen-bond acceptors (Lipinski definition) is 4. The standard InChI is InChI=1S/C26H31N5O2S/c1-17-15-21(18(2)31(17)20-10-7-9-19(16-20)25(32)33)24-23(22-11-5-6-12-27-22)28-26(34)30(24)14-8-13-29(3)4/h5-7,9-12,15-16,23-24H,8,13-14H2,1-4H3,(H,28,34)(H,32,33)/t23-,24-/m0/s1. The van der Waals surface area contributed by atoms with Crippen LogP contribution >= 0.6 is 12.2 Å². The van der Waals surface area contributed by atoms with Gasteiger partial charge in [0, 0.05) is 29.8 Å². The summed E-state index contributed by atoms with van der Waals surface area (Å²) in [5, 5.41) is 13.7. The van der Waals surface area contributed by atoms with Gasteiger partial charge in [-0.05, 0) is 95.1 Å². The van der Waals surface area contributed by atoms with E-state index in [4.69, 9.17) is 12.2 Å². The van der Waals surface area contributed by atoms with Crippen LogP contribution in [-0.4, -0.2) is 62.7 Å². The summed E-state index contributed by atoms with van der Waals surface area (Å²) in [4.78, 5) is 20.6. The van der Waals surface area contributed by atoms with Crippen LogP contribution in [0.2, 0.25) is 0 Å². The van der Waals surface area contributed by atoms with Crippen molar-refractivity contribution in [1.82, 2.24) is 24.7 Å². The molecule has 2 aromatic heterocycles. The average molecular weight is 478 g/mol. The van der Waals surface area contributed by atoms with E-state index >= 15 is 0 Å². The fourth-order valence-corrected chi connectivity index (χ4v) is 5.14. The second kappa shape index (κ2) is 9.95. The maximum absolute atomic E-state index is 11.5. The summed E-state index contributed by atoms with van der Waals surface area (Å²) in [5.74, 6) is -0.933. The molecule has 0 unspecified atom stereocenters. The third-order valence-electron chi connectivity index (χ3n) is 6.34. The van der Waals surface area contributed by atoms with Gasteiger partial charge in [0.1, 0.15) is 0 Å². The van der Waals surface area contributed by atoms with E-state index in [0.717, 1.165) is 53.0 Å². The summed E-state index contributed by atoms with van der Waals surface area (Å²) in [6, 6.07) is 15.1. The Morgan fingerprint density at radius 2 is 1.97 bits per heavy atom. The lowest BCUT2D eigenvalue weighted by atomic mass is 9.96. The van der Waals surface area contributed by atoms with Crippen LogP contribution in [0, 0.1) is 13.8 Å². The number of rotatable bonds is 8. The summed E-state index contributed by atoms with van der Waals surface area (Å²) >= 11 is 5.80. The molecule has 1 fully saturated rings. The van der Waals surface area contributed by atoms with E-state index in [1.165, 1.54) is 0 Å². The van der Waals surface area contributed by atoms with Gasteiger partial charge in [0.2, 0.25) is 0 Å². The molecule has 8 heteroatoms. The van der Waals surface area contributed by atoms with Gasteiger partial charge >= 0.3 is 5.97 Å². The molecule has 0 saturated carbocycles. The lowest BCUT2D eigenvalue weighted by molar-refractivity contribution is 0.0697. The van der Waals surface area contributed by atoms with Gasteiger partial charge in [-0.25, -0.2) is 4.79 Å². The number of carboxylic acid groups (broad SMARTS) is 1. The quantitative estimate of drug-likeness (QED) is 0.473. The van der Waals surface area contributed by atoms with Crippen LogP contribution in [0.15, 0.2) is 54.7 Å². The fourth-order valence-electron chi connectivity index (χ4n) is 4.80. The maximum Gasteiger partial charge on any atom is 0.335 e. The minimum atomic E-state index is -0.933. The smallest absolute Gasteiger partial charge is 0.335 e. The summed E-state index contributed by atoms with van der Waals surface area (Å²) in [6.07, 6.45) is 2.80. The van der Waals surface area contributed by atoms with E-state index in [1.54, 1.807) is 18.2 Å². The van der Waals surface area contributed by atoms with Crippen LogP contribution in [0.5, 0.6) is 0 Å². The van der Waals surface area contributed by atoms with Crippen molar-refractivity contribution in [1.29, 1.82) is 0 Å². The zero-order valence-corrected chi connectivity index (χ0v) is 20.8. The highest BCUT2D eigenvalue weighted by atomic mass is 32.1. The molecule has 0 radical (unpaired) electrons. The van der Waals surface area contributed by atoms with Crippen molar-refractivity contribution in [3.8, 4) is 5.69 Å². The summed E-state index contributed by atoms with van der Waals surface area (Å²) in [5.41, 5.74) is 5.32. The molecular formula is C26H31N5O2S. The SMILES string of the molecule is Cc1cc([C@H]2[C@H](c3ccccn3)NC(=S)N2CCCN(C)C)c(C)n1-c1cccc(C(=O)O)c1. The minimum Gasteiger partial charge on any atom is -0.478 e. The van der Waals surface area contributed by atoms with E-state index in [2.05, 4.69) is 58.7 Å². The molecule has 0 bridgehead atoms. The van der Waals surface area contributed by atoms with E-state index in [1.807, 2.05) is 30.5 Å². The molecule has 2 atom stereocenters. The molecule has 0 aliphatic carbocycles. The molecule has 1 aliphatic rings. The summed E-state index contributed by atoms with van der Waals surface area (Å²) < 4.78 is 2.12. The third kappa shape index (κ3) is 4.69. The molecule has 2 N–H and O–H groups in total. The van der Waals surface area contributed by atoms with E-state index < -0.39 is 5.97 Å². The van der Waals surface area contributed by atoms with Crippen molar-refractivity contribution in [2.24, 2.45) is 0 Å². The molecule has 34 heavy (non-hydrogen) atoms. The number of carboxylic acids is 1. The van der Waals surface area contributed by atoms with Crippen LogP contribution in [0.25, 0.3) is 5.69 Å². The fraction of sp³-hybridized carbons (Fsp3) is 0.346. The second-order valence-electron chi connectivity index (χ2n) is 8.99. The van der Waals surface area contributed by atoms with E-state index in [0.29, 0.717) is 0 Å². The molecule has 7 nitrogen and oxygen atoms in total. The molecule has 178 valence electrons. The van der Waals surface area contributed by atoms with Crippen molar-refractivity contribution in [3.05, 3.63) is 82.9 Å². The number of nitrogens with zero attached hydrogens (tertiary/aromatic N) is 4. The van der Waals surface area contributed by atoms with E-state index in [9.17, 15) is 9.90 Å². The van der Waals surface area contributed by atoms with Crippen molar-refractivity contribution < 1.29 is 9.90 Å². The zero-order chi connectivity index (χ0) is 24.4. The Kier molecular flexibility index (Phi) is 7.00. The first-order valence-electron chi connectivity index (χ1n) is 11.4. The molecule has 3 aromatic rings. The van der Waals surface area contributed by atoms with Gasteiger partial charge in [-0.1, -0.05) is 12.1 Å². The van der Waals surface area contributed by atoms with Gasteiger partial charge < -0.3 is 24.8 Å². The molecular weight excluding hydrogens is 446 g/mol.